The number of aromatic nitrogens is 1. The molecule has 1 heterocycles. The summed E-state index contributed by atoms with van der Waals surface area (Å²) in [4.78, 5) is 17.1. The molecule has 4 saturated carbocycles. The Morgan fingerprint density at radius 2 is 1.84 bits per heavy atom. The van der Waals surface area contributed by atoms with Gasteiger partial charge in [-0.1, -0.05) is 38.4 Å². The van der Waals surface area contributed by atoms with Crippen LogP contribution in [0.1, 0.15) is 84.4 Å². The fourth-order valence-electron chi connectivity index (χ4n) is 9.96. The van der Waals surface area contributed by atoms with E-state index in [2.05, 4.69) is 25.8 Å². The molecule has 0 spiro atoms. The quantitative estimate of drug-likeness (QED) is 0.480. The van der Waals surface area contributed by atoms with Gasteiger partial charge in [0.15, 0.2) is 5.89 Å². The molecule has 4 aliphatic carbocycles. The molecule has 10 atom stereocenters. The van der Waals surface area contributed by atoms with E-state index >= 15 is 0 Å². The molecule has 0 amide bonds. The maximum atomic E-state index is 12.5. The molecule has 4 aliphatic rings. The number of hydrogen-bond acceptors (Lipinski definition) is 5. The summed E-state index contributed by atoms with van der Waals surface area (Å²) in [6, 6.07) is 5.33. The normalized spacial score (nSPS) is 42.2. The number of halogens is 1. The van der Waals surface area contributed by atoms with Crippen molar-refractivity contribution in [3.8, 4) is 0 Å². The van der Waals surface area contributed by atoms with Crippen LogP contribution in [-0.4, -0.2) is 27.4 Å². The summed E-state index contributed by atoms with van der Waals surface area (Å²) in [5.74, 6) is 3.56. The highest BCUT2D eigenvalue weighted by Gasteiger charge is 2.62. The number of rotatable bonds is 4. The Balaban J connectivity index is 1.18. The lowest BCUT2D eigenvalue weighted by Crippen LogP contribution is -2.58. The minimum absolute atomic E-state index is 0.189. The summed E-state index contributed by atoms with van der Waals surface area (Å²) in [5, 5.41) is 22.5. The van der Waals surface area contributed by atoms with E-state index in [1.165, 1.54) is 25.7 Å². The first-order valence-electron chi connectivity index (χ1n) is 14.6. The third kappa shape index (κ3) is 4.10. The lowest BCUT2D eigenvalue weighted by molar-refractivity contribution is -0.174. The lowest BCUT2D eigenvalue weighted by atomic mass is 9.43. The Morgan fingerprint density at radius 3 is 2.65 bits per heavy atom. The van der Waals surface area contributed by atoms with Crippen molar-refractivity contribution in [3.63, 3.8) is 0 Å². The second-order valence-electron chi connectivity index (χ2n) is 13.5. The number of nitrogens with zero attached hydrogens (tertiary/aromatic N) is 1. The molecule has 6 heteroatoms. The molecule has 0 saturated heterocycles. The van der Waals surface area contributed by atoms with Crippen molar-refractivity contribution in [1.82, 2.24) is 4.98 Å². The number of aliphatic hydroxyl groups is 2. The Hall–Kier alpha value is -1.43. The number of aryl methyl sites for hydroxylation is 1. The highest BCUT2D eigenvalue weighted by Crippen LogP contribution is 2.68. The van der Waals surface area contributed by atoms with E-state index in [4.69, 9.17) is 16.0 Å². The molecular weight excluding hydrogens is 486 g/mol. The van der Waals surface area contributed by atoms with Crippen LogP contribution in [0.4, 0.5) is 0 Å². The van der Waals surface area contributed by atoms with Gasteiger partial charge >= 0.3 is 5.63 Å². The average molecular weight is 528 g/mol. The minimum Gasteiger partial charge on any atom is -0.408 e. The first kappa shape index (κ1) is 25.8. The van der Waals surface area contributed by atoms with Gasteiger partial charge in [0.25, 0.3) is 0 Å². The van der Waals surface area contributed by atoms with Gasteiger partial charge in [0.1, 0.15) is 5.39 Å². The van der Waals surface area contributed by atoms with Gasteiger partial charge in [-0.05, 0) is 116 Å². The number of benzene rings is 1. The van der Waals surface area contributed by atoms with E-state index < -0.39 is 5.63 Å². The van der Waals surface area contributed by atoms with E-state index in [0.29, 0.717) is 63.7 Å². The Morgan fingerprint density at radius 1 is 1.08 bits per heavy atom. The van der Waals surface area contributed by atoms with E-state index in [1.54, 1.807) is 6.07 Å². The van der Waals surface area contributed by atoms with Gasteiger partial charge in [-0.3, -0.25) is 0 Å². The van der Waals surface area contributed by atoms with Gasteiger partial charge in [0.2, 0.25) is 0 Å². The van der Waals surface area contributed by atoms with Crippen LogP contribution in [0.15, 0.2) is 27.4 Å². The molecule has 202 valence electrons. The van der Waals surface area contributed by atoms with Gasteiger partial charge in [-0.25, -0.2) is 9.78 Å². The fourth-order valence-corrected chi connectivity index (χ4v) is 10.2. The zero-order valence-corrected chi connectivity index (χ0v) is 23.2. The highest BCUT2D eigenvalue weighted by molar-refractivity contribution is 6.35. The zero-order chi connectivity index (χ0) is 26.1. The van der Waals surface area contributed by atoms with Crippen molar-refractivity contribution in [2.45, 2.75) is 97.2 Å². The first-order chi connectivity index (χ1) is 17.6. The first-order valence-corrected chi connectivity index (χ1v) is 14.9. The molecule has 4 fully saturated rings. The molecule has 0 radical (unpaired) electrons. The predicted octanol–water partition coefficient (Wildman–Crippen LogP) is 6.40. The van der Waals surface area contributed by atoms with Crippen LogP contribution < -0.4 is 5.63 Å². The summed E-state index contributed by atoms with van der Waals surface area (Å²) in [5.41, 5.74) is 0.698. The lowest BCUT2D eigenvalue weighted by Gasteiger charge is -2.62. The molecule has 6 rings (SSSR count). The smallest absolute Gasteiger partial charge is 0.348 e. The zero-order valence-electron chi connectivity index (χ0n) is 22.5. The van der Waals surface area contributed by atoms with Crippen molar-refractivity contribution < 1.29 is 14.6 Å². The van der Waals surface area contributed by atoms with Crippen molar-refractivity contribution >= 4 is 22.5 Å². The molecule has 37 heavy (non-hydrogen) atoms. The van der Waals surface area contributed by atoms with Crippen LogP contribution in [0.2, 0.25) is 5.02 Å². The van der Waals surface area contributed by atoms with E-state index in [-0.39, 0.29) is 23.0 Å². The van der Waals surface area contributed by atoms with Gasteiger partial charge < -0.3 is 14.6 Å². The van der Waals surface area contributed by atoms with Crippen LogP contribution in [0.25, 0.3) is 10.9 Å². The summed E-state index contributed by atoms with van der Waals surface area (Å²) < 4.78 is 5.57. The second-order valence-corrected chi connectivity index (χ2v) is 13.9. The van der Waals surface area contributed by atoms with Crippen molar-refractivity contribution in [3.05, 3.63) is 39.5 Å². The molecule has 1 aromatic heterocycles. The van der Waals surface area contributed by atoms with Gasteiger partial charge in [0.05, 0.1) is 22.7 Å². The monoisotopic (exact) mass is 527 g/mol. The number of fused-ring (bicyclic) bond motifs is 6. The van der Waals surface area contributed by atoms with E-state index in [0.717, 1.165) is 32.1 Å². The van der Waals surface area contributed by atoms with Crippen LogP contribution >= 0.6 is 11.6 Å². The third-order valence-electron chi connectivity index (χ3n) is 11.9. The Kier molecular flexibility index (Phi) is 6.52. The topological polar surface area (TPSA) is 83.6 Å². The van der Waals surface area contributed by atoms with Crippen molar-refractivity contribution in [1.29, 1.82) is 0 Å². The molecule has 0 bridgehead atoms. The fraction of sp³-hybridized carbons (Fsp3) is 0.742. The van der Waals surface area contributed by atoms with Crippen LogP contribution in [0, 0.1) is 46.3 Å². The van der Waals surface area contributed by atoms with E-state index in [1.807, 2.05) is 12.1 Å². The standard InChI is InChI=1S/C31H42ClNO4/c1-17(7-10-26-33-24-6-4-5-23(32)28(24)29(36)37-26)20-8-9-21-27-22(12-14-31(20,21)3)30(2)13-11-19(34)15-18(30)16-25(27)35/h4-6,17-22,25,27,34-35H,7-16H2,1-3H3/t17-,18+,19-,20-,21+,22?,25-,27+,30+,31-/m1/s1. The summed E-state index contributed by atoms with van der Waals surface area (Å²) in [7, 11) is 0. The highest BCUT2D eigenvalue weighted by atomic mass is 35.5. The van der Waals surface area contributed by atoms with E-state index in [9.17, 15) is 15.0 Å². The Bertz CT molecular complexity index is 1230. The van der Waals surface area contributed by atoms with Gasteiger partial charge in [-0.2, -0.15) is 0 Å². The SMILES string of the molecule is C[C@H](CCc1nc2cccc(Cl)c2c(=O)o1)[C@H]1CC[C@H]2[C@H]3C(CC[C@]12C)[C@@]1(C)CC[C@@H](O)C[C@H]1C[C@H]3O. The van der Waals surface area contributed by atoms with Gasteiger partial charge in [-0.15, -0.1) is 0 Å². The molecule has 2 N–H and O–H groups in total. The maximum Gasteiger partial charge on any atom is 0.348 e. The van der Waals surface area contributed by atoms with Gasteiger partial charge in [0, 0.05) is 6.42 Å². The molecule has 0 aliphatic heterocycles. The minimum atomic E-state index is -0.405. The Labute approximate surface area is 225 Å². The summed E-state index contributed by atoms with van der Waals surface area (Å²) >= 11 is 6.19. The molecule has 5 nitrogen and oxygen atoms in total. The number of hydrogen-bond donors (Lipinski definition) is 2. The number of aliphatic hydroxyl groups excluding tert-OH is 2. The van der Waals surface area contributed by atoms with Crippen molar-refractivity contribution in [2.75, 3.05) is 0 Å². The third-order valence-corrected chi connectivity index (χ3v) is 12.2. The van der Waals surface area contributed by atoms with Crippen LogP contribution in [-0.2, 0) is 6.42 Å². The summed E-state index contributed by atoms with van der Waals surface area (Å²) in [6.45, 7) is 7.34. The maximum absolute atomic E-state index is 12.5. The average Bonchev–Trinajstić information content (AvgIpc) is 3.21. The molecule has 1 aromatic carbocycles. The molecular formula is C31H42ClNO4. The largest absolute Gasteiger partial charge is 0.408 e. The van der Waals surface area contributed by atoms with Crippen LogP contribution in [0.3, 0.4) is 0 Å². The van der Waals surface area contributed by atoms with Crippen LogP contribution in [0.5, 0.6) is 0 Å². The molecule has 2 aromatic rings. The predicted molar refractivity (Wildman–Crippen MR) is 145 cm³/mol. The summed E-state index contributed by atoms with van der Waals surface area (Å²) in [6.07, 6.45) is 9.73. The second kappa shape index (κ2) is 9.34. The van der Waals surface area contributed by atoms with Crippen molar-refractivity contribution in [2.24, 2.45) is 46.3 Å². The molecule has 1 unspecified atom stereocenters.